The average Bonchev–Trinajstić information content (AvgIpc) is 3.05. The second-order valence-electron chi connectivity index (χ2n) is 7.97. The fourth-order valence-electron chi connectivity index (χ4n) is 4.25. The van der Waals surface area contributed by atoms with E-state index in [0.717, 1.165) is 52.3 Å². The minimum atomic E-state index is -4.42. The molecular weight excluding hydrogens is 508 g/mol. The molecule has 2 aliphatic rings. The first-order valence-corrected chi connectivity index (χ1v) is 11.3. The van der Waals surface area contributed by atoms with Gasteiger partial charge in [0, 0.05) is 49.5 Å². The van der Waals surface area contributed by atoms with Gasteiger partial charge in [-0.25, -0.2) is 4.99 Å². The number of halogens is 5. The smallest absolute Gasteiger partial charge is 0.385 e. The number of amidine groups is 1. The lowest BCUT2D eigenvalue weighted by Crippen LogP contribution is -2.53. The van der Waals surface area contributed by atoms with Crippen LogP contribution in [0.5, 0.6) is 0 Å². The van der Waals surface area contributed by atoms with Crippen LogP contribution in [0.3, 0.4) is 0 Å². The van der Waals surface area contributed by atoms with Crippen LogP contribution in [0.15, 0.2) is 47.5 Å². The Hall–Kier alpha value is -2.04. The van der Waals surface area contributed by atoms with E-state index in [1.807, 2.05) is 18.2 Å². The van der Waals surface area contributed by atoms with Crippen molar-refractivity contribution >= 4 is 68.4 Å². The number of ether oxygens (including phenoxy) is 1. The van der Waals surface area contributed by atoms with Crippen molar-refractivity contribution in [2.45, 2.75) is 18.6 Å². The summed E-state index contributed by atoms with van der Waals surface area (Å²) in [6.45, 7) is 2.85. The number of hydrogen-bond donors (Lipinski definition) is 2. The Morgan fingerprint density at radius 1 is 1.18 bits per heavy atom. The highest BCUT2D eigenvalue weighted by atomic mass is 35.5. The van der Waals surface area contributed by atoms with Gasteiger partial charge in [-0.1, -0.05) is 18.2 Å². The number of piperazine rings is 1. The van der Waals surface area contributed by atoms with Crippen LogP contribution in [0.4, 0.5) is 29.5 Å². The molecule has 0 aliphatic carbocycles. The van der Waals surface area contributed by atoms with Crippen molar-refractivity contribution in [3.8, 4) is 0 Å². The zero-order chi connectivity index (χ0) is 22.3. The van der Waals surface area contributed by atoms with Crippen LogP contribution in [-0.2, 0) is 10.9 Å². The van der Waals surface area contributed by atoms with Crippen LogP contribution >= 0.6 is 36.2 Å². The Kier molecular flexibility index (Phi) is 8.36. The van der Waals surface area contributed by atoms with Gasteiger partial charge in [0.25, 0.3) is 0 Å². The van der Waals surface area contributed by atoms with Crippen LogP contribution < -0.4 is 10.6 Å². The molecule has 5 rings (SSSR count). The number of nitrogens with one attached hydrogen (secondary N) is 2. The van der Waals surface area contributed by atoms with Gasteiger partial charge in [0.15, 0.2) is 0 Å². The molecule has 1 aromatic heterocycles. The quantitative estimate of drug-likeness (QED) is 0.421. The van der Waals surface area contributed by atoms with E-state index in [1.54, 1.807) is 18.4 Å². The van der Waals surface area contributed by atoms with E-state index in [-0.39, 0.29) is 30.9 Å². The molecule has 1 atom stereocenters. The molecule has 1 unspecified atom stereocenters. The predicted molar refractivity (Wildman–Crippen MR) is 137 cm³/mol. The van der Waals surface area contributed by atoms with Gasteiger partial charge >= 0.3 is 6.18 Å². The molecule has 11 heteroatoms. The highest BCUT2D eigenvalue weighted by molar-refractivity contribution is 7.23. The molecule has 0 saturated carbocycles. The number of thiophene rings is 1. The molecule has 0 spiro atoms. The lowest BCUT2D eigenvalue weighted by atomic mass is 10.1. The highest BCUT2D eigenvalue weighted by Gasteiger charge is 2.33. The number of alkyl halides is 3. The van der Waals surface area contributed by atoms with Crippen molar-refractivity contribution in [1.82, 2.24) is 10.2 Å². The average molecular weight is 533 g/mol. The lowest BCUT2D eigenvalue weighted by molar-refractivity contribution is -0.137. The Bertz CT molecular complexity index is 1180. The summed E-state index contributed by atoms with van der Waals surface area (Å²) in [5, 5.41) is 8.81. The summed E-state index contributed by atoms with van der Waals surface area (Å²) in [5.41, 5.74) is 1.12. The molecule has 2 aromatic carbocycles. The number of aliphatic imine (C=N–C) groups is 1. The Balaban J connectivity index is 0.00000162. The molecule has 184 valence electrons. The maximum absolute atomic E-state index is 13.4. The van der Waals surface area contributed by atoms with Gasteiger partial charge in [0.2, 0.25) is 0 Å². The van der Waals surface area contributed by atoms with Crippen LogP contribution in [0.1, 0.15) is 17.5 Å². The Labute approximate surface area is 212 Å². The normalized spacial score (nSPS) is 17.5. The van der Waals surface area contributed by atoms with Crippen LogP contribution in [0.25, 0.3) is 10.1 Å². The molecule has 1 fully saturated rings. The van der Waals surface area contributed by atoms with Gasteiger partial charge in [0.1, 0.15) is 10.8 Å². The van der Waals surface area contributed by atoms with Gasteiger partial charge in [-0.2, -0.15) is 13.2 Å². The van der Waals surface area contributed by atoms with Crippen molar-refractivity contribution < 1.29 is 17.9 Å². The van der Waals surface area contributed by atoms with E-state index in [0.29, 0.717) is 30.4 Å². The zero-order valence-electron chi connectivity index (χ0n) is 18.3. The molecule has 0 bridgehead atoms. The van der Waals surface area contributed by atoms with Gasteiger partial charge in [-0.05, 0) is 30.7 Å². The van der Waals surface area contributed by atoms with Crippen LogP contribution in [0.2, 0.25) is 0 Å². The standard InChI is InChI=1S/C23H23F3N4OS.2ClH/c1-31-11-8-15-13-30(10-9-27-15)21-20-16-4-2-3-5-19(16)32-22(20)29-17-7-6-14(23(24,25)26)12-18(17)28-21;;/h2-7,12,15,27,29H,8-11,13H2,1H3;2*1H. The maximum Gasteiger partial charge on any atom is 0.416 e. The molecule has 2 N–H and O–H groups in total. The summed E-state index contributed by atoms with van der Waals surface area (Å²) in [6.07, 6.45) is -3.57. The van der Waals surface area contributed by atoms with Crippen molar-refractivity contribution in [2.24, 2.45) is 4.99 Å². The number of benzene rings is 2. The van der Waals surface area contributed by atoms with Gasteiger partial charge in [-0.3, -0.25) is 0 Å². The van der Waals surface area contributed by atoms with Gasteiger partial charge in [0.05, 0.1) is 22.5 Å². The van der Waals surface area contributed by atoms with Crippen molar-refractivity contribution in [3.05, 3.63) is 53.6 Å². The van der Waals surface area contributed by atoms with E-state index in [2.05, 4.69) is 21.6 Å². The number of anilines is 2. The highest BCUT2D eigenvalue weighted by Crippen LogP contribution is 2.44. The topological polar surface area (TPSA) is 48.9 Å². The number of rotatable bonds is 3. The van der Waals surface area contributed by atoms with Crippen molar-refractivity contribution in [3.63, 3.8) is 0 Å². The van der Waals surface area contributed by atoms with Gasteiger partial charge in [-0.15, -0.1) is 36.2 Å². The Morgan fingerprint density at radius 3 is 2.74 bits per heavy atom. The minimum Gasteiger partial charge on any atom is -0.385 e. The molecule has 1 saturated heterocycles. The lowest BCUT2D eigenvalue weighted by Gasteiger charge is -2.35. The molecule has 2 aliphatic heterocycles. The summed E-state index contributed by atoms with van der Waals surface area (Å²) in [4.78, 5) is 7.03. The summed E-state index contributed by atoms with van der Waals surface area (Å²) in [7, 11) is 1.68. The predicted octanol–water partition coefficient (Wildman–Crippen LogP) is 6.21. The minimum absolute atomic E-state index is 0. The zero-order valence-corrected chi connectivity index (χ0v) is 20.8. The molecule has 0 radical (unpaired) electrons. The maximum atomic E-state index is 13.4. The number of methoxy groups -OCH3 is 1. The second-order valence-corrected chi connectivity index (χ2v) is 9.02. The summed E-state index contributed by atoms with van der Waals surface area (Å²) in [6, 6.07) is 12.0. The Morgan fingerprint density at radius 2 is 1.97 bits per heavy atom. The third-order valence-corrected chi connectivity index (χ3v) is 6.93. The molecule has 0 amide bonds. The molecule has 34 heavy (non-hydrogen) atoms. The fourth-order valence-corrected chi connectivity index (χ4v) is 5.37. The first kappa shape index (κ1) is 26.6. The first-order chi connectivity index (χ1) is 15.4. The van der Waals surface area contributed by atoms with Crippen molar-refractivity contribution in [2.75, 3.05) is 38.7 Å². The molecule has 3 heterocycles. The SMILES string of the molecule is COCCC1CN(C2=Nc3cc(C(F)(F)F)ccc3Nc3sc4ccccc4c32)CCN1.Cl.Cl. The number of fused-ring (bicyclic) bond motifs is 4. The van der Waals surface area contributed by atoms with Gasteiger partial charge < -0.3 is 20.3 Å². The van der Waals surface area contributed by atoms with E-state index in [9.17, 15) is 13.2 Å². The summed E-state index contributed by atoms with van der Waals surface area (Å²) in [5.74, 6) is 0.715. The summed E-state index contributed by atoms with van der Waals surface area (Å²) < 4.78 is 46.5. The van der Waals surface area contributed by atoms with Crippen LogP contribution in [-0.4, -0.2) is 50.1 Å². The van der Waals surface area contributed by atoms with Crippen molar-refractivity contribution in [1.29, 1.82) is 0 Å². The molecular formula is C23H25Cl2F3N4OS. The fraction of sp³-hybridized carbons (Fsp3) is 0.348. The molecule has 3 aromatic rings. The van der Waals surface area contributed by atoms with Crippen LogP contribution in [0, 0.1) is 0 Å². The van der Waals surface area contributed by atoms with E-state index >= 15 is 0 Å². The third-order valence-electron chi connectivity index (χ3n) is 5.84. The summed E-state index contributed by atoms with van der Waals surface area (Å²) >= 11 is 1.59. The first-order valence-electron chi connectivity index (χ1n) is 10.5. The molecule has 5 nitrogen and oxygen atoms in total. The second kappa shape index (κ2) is 10.7. The van der Waals surface area contributed by atoms with E-state index in [4.69, 9.17) is 9.73 Å². The number of nitrogens with zero attached hydrogens (tertiary/aromatic N) is 2. The third kappa shape index (κ3) is 5.13. The number of hydrogen-bond acceptors (Lipinski definition) is 6. The van der Waals surface area contributed by atoms with E-state index < -0.39 is 11.7 Å². The largest absolute Gasteiger partial charge is 0.416 e. The monoisotopic (exact) mass is 532 g/mol. The van der Waals surface area contributed by atoms with E-state index in [1.165, 1.54) is 6.07 Å².